The molecule has 3 aromatic rings. The quantitative estimate of drug-likeness (QED) is 0.754. The van der Waals surface area contributed by atoms with E-state index < -0.39 is 17.2 Å². The van der Waals surface area contributed by atoms with Gasteiger partial charge in [-0.1, -0.05) is 24.3 Å². The van der Waals surface area contributed by atoms with Crippen LogP contribution in [0.4, 0.5) is 10.1 Å². The zero-order valence-electron chi connectivity index (χ0n) is 13.9. The molecule has 7 heteroatoms. The molecule has 0 aliphatic heterocycles. The molecule has 0 atom stereocenters. The van der Waals surface area contributed by atoms with Gasteiger partial charge in [-0.15, -0.1) is 0 Å². The molecule has 0 spiro atoms. The number of hydrogen-bond acceptors (Lipinski definition) is 4. The summed E-state index contributed by atoms with van der Waals surface area (Å²) in [6, 6.07) is 13.8. The summed E-state index contributed by atoms with van der Waals surface area (Å²) in [7, 11) is 0. The summed E-state index contributed by atoms with van der Waals surface area (Å²) in [4.78, 5) is 24.7. The topological polar surface area (TPSA) is 84.2 Å². The highest BCUT2D eigenvalue weighted by atomic mass is 19.1. The van der Waals surface area contributed by atoms with Crippen LogP contribution >= 0.6 is 0 Å². The molecule has 0 bridgehead atoms. The molecule has 0 saturated heterocycles. The van der Waals surface area contributed by atoms with E-state index in [-0.39, 0.29) is 18.0 Å². The average molecular weight is 353 g/mol. The van der Waals surface area contributed by atoms with Crippen molar-refractivity contribution < 1.29 is 14.3 Å². The minimum Gasteiger partial charge on any atom is -0.392 e. The van der Waals surface area contributed by atoms with Crippen molar-refractivity contribution in [1.29, 1.82) is 0 Å². The van der Waals surface area contributed by atoms with Crippen LogP contribution in [-0.4, -0.2) is 20.8 Å². The Bertz CT molecular complexity index is 1030. The molecule has 1 amide bonds. The molecule has 1 heterocycles. The third-order valence-corrected chi connectivity index (χ3v) is 3.77. The molecule has 26 heavy (non-hydrogen) atoms. The first-order valence-electron chi connectivity index (χ1n) is 7.86. The SMILES string of the molecule is Cc1cc(=O)c(C(=O)Nc2cccc(CO)c2)nn1-c1ccccc1F. The summed E-state index contributed by atoms with van der Waals surface area (Å²) in [5.74, 6) is -1.23. The highest BCUT2D eigenvalue weighted by Gasteiger charge is 2.17. The van der Waals surface area contributed by atoms with E-state index in [0.717, 1.165) is 0 Å². The monoisotopic (exact) mass is 353 g/mol. The number of carbonyl (C=O) groups excluding carboxylic acids is 1. The maximum atomic E-state index is 14.1. The summed E-state index contributed by atoms with van der Waals surface area (Å²) >= 11 is 0. The van der Waals surface area contributed by atoms with E-state index in [4.69, 9.17) is 5.11 Å². The number of rotatable bonds is 4. The molecule has 0 radical (unpaired) electrons. The molecular formula is C19H16FN3O3. The molecule has 2 aromatic carbocycles. The third-order valence-electron chi connectivity index (χ3n) is 3.77. The molecule has 0 saturated carbocycles. The van der Waals surface area contributed by atoms with Crippen LogP contribution in [0, 0.1) is 12.7 Å². The summed E-state index contributed by atoms with van der Waals surface area (Å²) in [6.45, 7) is 1.43. The summed E-state index contributed by atoms with van der Waals surface area (Å²) in [5, 5.41) is 15.8. The van der Waals surface area contributed by atoms with Crippen LogP contribution in [-0.2, 0) is 6.61 Å². The minimum absolute atomic E-state index is 0.140. The molecule has 1 aromatic heterocycles. The normalized spacial score (nSPS) is 10.6. The van der Waals surface area contributed by atoms with E-state index in [0.29, 0.717) is 16.9 Å². The Morgan fingerprint density at radius 2 is 1.96 bits per heavy atom. The number of nitrogens with one attached hydrogen (secondary N) is 1. The number of aryl methyl sites for hydroxylation is 1. The molecule has 2 N–H and O–H groups in total. The van der Waals surface area contributed by atoms with Crippen LogP contribution in [0.1, 0.15) is 21.7 Å². The van der Waals surface area contributed by atoms with Crippen molar-refractivity contribution in [2.24, 2.45) is 0 Å². The van der Waals surface area contributed by atoms with Crippen LogP contribution < -0.4 is 10.7 Å². The fraction of sp³-hybridized carbons (Fsp3) is 0.105. The summed E-state index contributed by atoms with van der Waals surface area (Å²) < 4.78 is 15.3. The van der Waals surface area contributed by atoms with Crippen LogP contribution in [0.15, 0.2) is 59.4 Å². The van der Waals surface area contributed by atoms with Crippen LogP contribution in [0.5, 0.6) is 0 Å². The number of nitrogens with zero attached hydrogens (tertiary/aromatic N) is 2. The van der Waals surface area contributed by atoms with Crippen LogP contribution in [0.25, 0.3) is 5.69 Å². The highest BCUT2D eigenvalue weighted by molar-refractivity contribution is 6.02. The van der Waals surface area contributed by atoms with Gasteiger partial charge in [0.05, 0.1) is 6.61 Å². The lowest BCUT2D eigenvalue weighted by atomic mass is 10.2. The van der Waals surface area contributed by atoms with E-state index in [1.165, 1.54) is 22.9 Å². The standard InChI is InChI=1S/C19H16FN3O3/c1-12-9-17(25)18(22-23(12)16-8-3-2-7-15(16)20)19(26)21-14-6-4-5-13(10-14)11-24/h2-10,24H,11H2,1H3,(H,21,26). The van der Waals surface area contributed by atoms with Gasteiger partial charge < -0.3 is 10.4 Å². The Labute approximate surface area is 148 Å². The third kappa shape index (κ3) is 3.52. The number of para-hydroxylation sites is 1. The second-order valence-corrected chi connectivity index (χ2v) is 5.67. The first-order chi connectivity index (χ1) is 12.5. The van der Waals surface area contributed by atoms with Crippen molar-refractivity contribution in [2.45, 2.75) is 13.5 Å². The fourth-order valence-corrected chi connectivity index (χ4v) is 2.51. The molecule has 3 rings (SSSR count). The number of aromatic nitrogens is 2. The van der Waals surface area contributed by atoms with Gasteiger partial charge in [0.25, 0.3) is 5.91 Å². The van der Waals surface area contributed by atoms with Crippen LogP contribution in [0.2, 0.25) is 0 Å². The second kappa shape index (κ2) is 7.28. The molecule has 0 unspecified atom stereocenters. The van der Waals surface area contributed by atoms with Gasteiger partial charge in [0.2, 0.25) is 5.43 Å². The largest absolute Gasteiger partial charge is 0.392 e. The van der Waals surface area contributed by atoms with Gasteiger partial charge in [0.15, 0.2) is 5.69 Å². The summed E-state index contributed by atoms with van der Waals surface area (Å²) in [6.07, 6.45) is 0. The van der Waals surface area contributed by atoms with Crippen molar-refractivity contribution in [2.75, 3.05) is 5.32 Å². The lowest BCUT2D eigenvalue weighted by molar-refractivity contribution is 0.101. The highest BCUT2D eigenvalue weighted by Crippen LogP contribution is 2.14. The number of anilines is 1. The first-order valence-corrected chi connectivity index (χ1v) is 7.86. The van der Waals surface area contributed by atoms with Crippen molar-refractivity contribution in [3.8, 4) is 5.69 Å². The number of carbonyl (C=O) groups is 1. The van der Waals surface area contributed by atoms with Gasteiger partial charge in [0.1, 0.15) is 11.5 Å². The van der Waals surface area contributed by atoms with Gasteiger partial charge in [-0.2, -0.15) is 5.10 Å². The lowest BCUT2D eigenvalue weighted by Gasteiger charge is -2.12. The van der Waals surface area contributed by atoms with Crippen molar-refractivity contribution in [1.82, 2.24) is 9.78 Å². The number of aliphatic hydroxyl groups excluding tert-OH is 1. The number of amides is 1. The van der Waals surface area contributed by atoms with Crippen molar-refractivity contribution >= 4 is 11.6 Å². The maximum absolute atomic E-state index is 14.1. The van der Waals surface area contributed by atoms with E-state index in [9.17, 15) is 14.0 Å². The van der Waals surface area contributed by atoms with Gasteiger partial charge in [0, 0.05) is 17.4 Å². The predicted molar refractivity (Wildman–Crippen MR) is 94.8 cm³/mol. The molecule has 6 nitrogen and oxygen atoms in total. The van der Waals surface area contributed by atoms with Gasteiger partial charge in [-0.25, -0.2) is 9.07 Å². The van der Waals surface area contributed by atoms with Gasteiger partial charge in [-0.05, 0) is 36.8 Å². The number of benzene rings is 2. The van der Waals surface area contributed by atoms with Gasteiger partial charge in [-0.3, -0.25) is 9.59 Å². The molecule has 0 aliphatic carbocycles. The maximum Gasteiger partial charge on any atom is 0.280 e. The van der Waals surface area contributed by atoms with Gasteiger partial charge >= 0.3 is 0 Å². The molecule has 0 fully saturated rings. The van der Waals surface area contributed by atoms with E-state index in [2.05, 4.69) is 10.4 Å². The molecule has 0 aliphatic rings. The van der Waals surface area contributed by atoms with E-state index in [1.54, 1.807) is 43.3 Å². The van der Waals surface area contributed by atoms with Crippen molar-refractivity contribution in [3.63, 3.8) is 0 Å². The number of aliphatic hydroxyl groups is 1. The molecule has 132 valence electrons. The Balaban J connectivity index is 1.99. The number of hydrogen-bond donors (Lipinski definition) is 2. The summed E-state index contributed by atoms with van der Waals surface area (Å²) in [5.41, 5.74) is 0.656. The Morgan fingerprint density at radius 1 is 1.19 bits per heavy atom. The van der Waals surface area contributed by atoms with Crippen molar-refractivity contribution in [3.05, 3.63) is 87.6 Å². The van der Waals surface area contributed by atoms with E-state index >= 15 is 0 Å². The lowest BCUT2D eigenvalue weighted by Crippen LogP contribution is -2.27. The predicted octanol–water partition coefficient (Wildman–Crippen LogP) is 2.42. The second-order valence-electron chi connectivity index (χ2n) is 5.67. The molecular weight excluding hydrogens is 337 g/mol. The Hall–Kier alpha value is -3.32. The van der Waals surface area contributed by atoms with E-state index in [1.807, 2.05) is 0 Å². The zero-order chi connectivity index (χ0) is 18.7. The Kier molecular flexibility index (Phi) is 4.90. The zero-order valence-corrected chi connectivity index (χ0v) is 13.9. The first kappa shape index (κ1) is 17.5. The smallest absolute Gasteiger partial charge is 0.280 e. The van der Waals surface area contributed by atoms with Crippen LogP contribution in [0.3, 0.4) is 0 Å². The number of halogens is 1. The Morgan fingerprint density at radius 3 is 2.69 bits per heavy atom. The average Bonchev–Trinajstić information content (AvgIpc) is 2.63. The fourth-order valence-electron chi connectivity index (χ4n) is 2.51. The minimum atomic E-state index is -0.713.